The number of hydrogen-bond acceptors (Lipinski definition) is 6. The first-order chi connectivity index (χ1) is 16.0. The third-order valence-corrected chi connectivity index (χ3v) is 6.38. The lowest BCUT2D eigenvalue weighted by atomic mass is 10.1. The van der Waals surface area contributed by atoms with Crippen LogP contribution in [0.15, 0.2) is 36.4 Å². The number of likely N-dealkylation sites (tertiary alicyclic amines) is 1. The molecule has 0 spiro atoms. The van der Waals surface area contributed by atoms with E-state index in [4.69, 9.17) is 9.97 Å². The van der Waals surface area contributed by atoms with Gasteiger partial charge in [0.15, 0.2) is 11.4 Å². The van der Waals surface area contributed by atoms with Crippen molar-refractivity contribution >= 4 is 34.4 Å². The first-order valence-electron chi connectivity index (χ1n) is 12.2. The number of carbonyl (C=O) groups excluding carboxylic acids is 1. The number of nitrogens with zero attached hydrogens (tertiary/aromatic N) is 5. The van der Waals surface area contributed by atoms with Crippen molar-refractivity contribution in [2.75, 3.05) is 43.4 Å². The number of rotatable bonds is 10. The number of imidazole rings is 1. The second kappa shape index (κ2) is 10.8. The van der Waals surface area contributed by atoms with Gasteiger partial charge in [0.1, 0.15) is 11.3 Å². The molecule has 3 heterocycles. The first kappa shape index (κ1) is 23.2. The number of piperidine rings is 1. The fourth-order valence-electron chi connectivity index (χ4n) is 4.51. The lowest BCUT2D eigenvalue weighted by Crippen LogP contribution is -2.31. The van der Waals surface area contributed by atoms with E-state index in [1.165, 1.54) is 32.4 Å². The van der Waals surface area contributed by atoms with Crippen LogP contribution in [0.1, 0.15) is 56.3 Å². The molecule has 1 saturated heterocycles. The molecule has 1 N–H and O–H groups in total. The summed E-state index contributed by atoms with van der Waals surface area (Å²) in [4.78, 5) is 26.2. The summed E-state index contributed by atoms with van der Waals surface area (Å²) in [5.74, 6) is 1.83. The number of nitrogens with one attached hydrogen (secondary N) is 1. The van der Waals surface area contributed by atoms with E-state index < -0.39 is 0 Å². The zero-order chi connectivity index (χ0) is 23.2. The number of hydrogen-bond donors (Lipinski definition) is 1. The summed E-state index contributed by atoms with van der Waals surface area (Å²) in [5, 5.41) is 3.46. The molecule has 7 nitrogen and oxygen atoms in total. The third kappa shape index (κ3) is 5.71. The van der Waals surface area contributed by atoms with Crippen molar-refractivity contribution in [2.24, 2.45) is 0 Å². The van der Waals surface area contributed by atoms with Gasteiger partial charge in [0, 0.05) is 31.4 Å². The number of ketones is 1. The highest BCUT2D eigenvalue weighted by atomic mass is 16.1. The number of carbonyl (C=O) groups is 1. The molecule has 0 amide bonds. The molecule has 0 radical (unpaired) electrons. The molecule has 1 aliphatic rings. The highest BCUT2D eigenvalue weighted by Gasteiger charge is 2.16. The molecule has 0 bridgehead atoms. The summed E-state index contributed by atoms with van der Waals surface area (Å²) in [7, 11) is 2.09. The largest absolute Gasteiger partial charge is 0.360 e. The van der Waals surface area contributed by atoms with Crippen molar-refractivity contribution in [1.29, 1.82) is 0 Å². The minimum Gasteiger partial charge on any atom is -0.360 e. The Labute approximate surface area is 196 Å². The van der Waals surface area contributed by atoms with Crippen LogP contribution in [-0.2, 0) is 6.54 Å². The van der Waals surface area contributed by atoms with Gasteiger partial charge in [-0.2, -0.15) is 0 Å². The van der Waals surface area contributed by atoms with Gasteiger partial charge in [-0.05, 0) is 88.6 Å². The Balaban J connectivity index is 1.60. The smallest absolute Gasteiger partial charge is 0.209 e. The van der Waals surface area contributed by atoms with Crippen LogP contribution >= 0.6 is 0 Å². The van der Waals surface area contributed by atoms with Gasteiger partial charge in [0.25, 0.3) is 0 Å². The van der Waals surface area contributed by atoms with Gasteiger partial charge in [-0.3, -0.25) is 9.36 Å². The molecule has 3 aromatic rings. The van der Waals surface area contributed by atoms with Crippen molar-refractivity contribution in [2.45, 2.75) is 52.5 Å². The van der Waals surface area contributed by atoms with E-state index in [-0.39, 0.29) is 5.78 Å². The van der Waals surface area contributed by atoms with Crippen LogP contribution < -0.4 is 10.2 Å². The van der Waals surface area contributed by atoms with E-state index in [1.54, 1.807) is 6.92 Å². The van der Waals surface area contributed by atoms with Gasteiger partial charge in [-0.25, -0.2) is 9.97 Å². The van der Waals surface area contributed by atoms with E-state index >= 15 is 0 Å². The highest BCUT2D eigenvalue weighted by Crippen LogP contribution is 2.25. The molecule has 2 aromatic heterocycles. The number of pyridine rings is 1. The number of anilines is 3. The molecular formula is C26H36N6O. The van der Waals surface area contributed by atoms with E-state index in [0.717, 1.165) is 61.1 Å². The maximum atomic E-state index is 11.6. The monoisotopic (exact) mass is 448 g/mol. The molecule has 1 fully saturated rings. The quantitative estimate of drug-likeness (QED) is 0.435. The summed E-state index contributed by atoms with van der Waals surface area (Å²) in [6.07, 6.45) is 6.11. The summed E-state index contributed by atoms with van der Waals surface area (Å²) < 4.78 is 2.21. The van der Waals surface area contributed by atoms with E-state index in [2.05, 4.69) is 45.8 Å². The number of Topliss-reactive ketones (excluding diaryl/α,β-unsaturated/α-hetero) is 1. The second-order valence-corrected chi connectivity index (χ2v) is 9.04. The first-order valence-corrected chi connectivity index (χ1v) is 12.2. The average Bonchev–Trinajstić information content (AvgIpc) is 3.16. The normalized spacial score (nSPS) is 14.5. The molecule has 1 aliphatic heterocycles. The molecule has 0 aliphatic carbocycles. The van der Waals surface area contributed by atoms with Crippen LogP contribution in [-0.4, -0.2) is 58.4 Å². The van der Waals surface area contributed by atoms with E-state index in [0.29, 0.717) is 5.56 Å². The molecule has 176 valence electrons. The molecule has 7 heteroatoms. The minimum absolute atomic E-state index is 0.0689. The highest BCUT2D eigenvalue weighted by molar-refractivity contribution is 5.94. The number of fused-ring (bicyclic) bond motifs is 1. The van der Waals surface area contributed by atoms with E-state index in [1.807, 2.05) is 24.3 Å². The minimum atomic E-state index is 0.0689. The standard InChI is InChI=1S/C26H36N6O/c1-4-15-30(3)24-14-13-23-25(29-24)32(19-8-18-31-16-6-5-7-17-31)26(28-23)27-22-11-9-21(10-12-22)20(2)33/h9-14H,4-8,15-19H2,1-3H3,(H,27,28). The van der Waals surface area contributed by atoms with Crippen molar-refractivity contribution in [3.63, 3.8) is 0 Å². The third-order valence-electron chi connectivity index (χ3n) is 6.38. The van der Waals surface area contributed by atoms with Crippen LogP contribution in [0, 0.1) is 0 Å². The molecule has 0 saturated carbocycles. The predicted molar refractivity (Wildman–Crippen MR) is 136 cm³/mol. The molecule has 1 aromatic carbocycles. The Hall–Kier alpha value is -2.93. The van der Waals surface area contributed by atoms with Crippen molar-refractivity contribution in [3.05, 3.63) is 42.0 Å². The van der Waals surface area contributed by atoms with Crippen LogP contribution in [0.5, 0.6) is 0 Å². The molecule has 0 unspecified atom stereocenters. The molecule has 0 atom stereocenters. The Morgan fingerprint density at radius 3 is 2.48 bits per heavy atom. The summed E-state index contributed by atoms with van der Waals surface area (Å²) in [5.41, 5.74) is 3.43. The van der Waals surface area contributed by atoms with Crippen molar-refractivity contribution < 1.29 is 4.79 Å². The zero-order valence-electron chi connectivity index (χ0n) is 20.2. The van der Waals surface area contributed by atoms with Gasteiger partial charge in [0.05, 0.1) is 0 Å². The zero-order valence-corrected chi connectivity index (χ0v) is 20.2. The fourth-order valence-corrected chi connectivity index (χ4v) is 4.51. The van der Waals surface area contributed by atoms with Crippen LogP contribution in [0.3, 0.4) is 0 Å². The van der Waals surface area contributed by atoms with Crippen LogP contribution in [0.4, 0.5) is 17.5 Å². The maximum absolute atomic E-state index is 11.6. The van der Waals surface area contributed by atoms with Gasteiger partial charge in [-0.1, -0.05) is 13.3 Å². The van der Waals surface area contributed by atoms with Crippen LogP contribution in [0.2, 0.25) is 0 Å². The molecule has 33 heavy (non-hydrogen) atoms. The summed E-state index contributed by atoms with van der Waals surface area (Å²) in [6.45, 7) is 9.11. The maximum Gasteiger partial charge on any atom is 0.209 e. The topological polar surface area (TPSA) is 66.3 Å². The Bertz CT molecular complexity index is 1070. The summed E-state index contributed by atoms with van der Waals surface area (Å²) in [6, 6.07) is 11.7. The fraction of sp³-hybridized carbons (Fsp3) is 0.500. The Morgan fingerprint density at radius 1 is 1.03 bits per heavy atom. The SMILES string of the molecule is CCCN(C)c1ccc2nc(Nc3ccc(C(C)=O)cc3)n(CCCN3CCCCC3)c2n1. The second-order valence-electron chi connectivity index (χ2n) is 9.04. The van der Waals surface area contributed by atoms with Crippen molar-refractivity contribution in [1.82, 2.24) is 19.4 Å². The Kier molecular flexibility index (Phi) is 7.60. The van der Waals surface area contributed by atoms with Gasteiger partial charge < -0.3 is 15.1 Å². The summed E-state index contributed by atoms with van der Waals surface area (Å²) >= 11 is 0. The lowest BCUT2D eigenvalue weighted by molar-refractivity contribution is 0.101. The average molecular weight is 449 g/mol. The van der Waals surface area contributed by atoms with Gasteiger partial charge >= 0.3 is 0 Å². The van der Waals surface area contributed by atoms with Gasteiger partial charge in [-0.15, -0.1) is 0 Å². The number of benzene rings is 1. The predicted octanol–water partition coefficient (Wildman–Crippen LogP) is 5.10. The lowest BCUT2D eigenvalue weighted by Gasteiger charge is -2.26. The van der Waals surface area contributed by atoms with Crippen LogP contribution in [0.25, 0.3) is 11.2 Å². The molecular weight excluding hydrogens is 412 g/mol. The molecule has 4 rings (SSSR count). The van der Waals surface area contributed by atoms with Gasteiger partial charge in [0.2, 0.25) is 5.95 Å². The number of aromatic nitrogens is 3. The number of aryl methyl sites for hydroxylation is 1. The Morgan fingerprint density at radius 2 is 1.79 bits per heavy atom. The van der Waals surface area contributed by atoms with Crippen molar-refractivity contribution in [3.8, 4) is 0 Å². The van der Waals surface area contributed by atoms with E-state index in [9.17, 15) is 4.79 Å².